The Hall–Kier alpha value is -1.43. The van der Waals surface area contributed by atoms with E-state index in [-0.39, 0.29) is 10.9 Å². The molecule has 92 valence electrons. The second-order valence-corrected chi connectivity index (χ2v) is 5.24. The van der Waals surface area contributed by atoms with Crippen molar-refractivity contribution < 1.29 is 12.3 Å². The first-order valence-corrected chi connectivity index (χ1v) is 6.75. The predicted molar refractivity (Wildman–Crippen MR) is 62.2 cm³/mol. The third kappa shape index (κ3) is 2.04. The first-order valence-electron chi connectivity index (χ1n) is 5.36. The molecule has 0 saturated carbocycles. The Bertz CT molecular complexity index is 649. The highest BCUT2D eigenvalue weighted by Gasteiger charge is 2.26. The lowest BCUT2D eigenvalue weighted by molar-refractivity contribution is 0.541. The summed E-state index contributed by atoms with van der Waals surface area (Å²) in [6.07, 6.45) is 2.20. The van der Waals surface area contributed by atoms with Gasteiger partial charge in [0.1, 0.15) is 5.65 Å². The Balaban J connectivity index is 2.84. The average Bonchev–Trinajstić information content (AvgIpc) is 2.66. The van der Waals surface area contributed by atoms with E-state index in [1.807, 2.05) is 13.8 Å². The van der Waals surface area contributed by atoms with Gasteiger partial charge in [-0.25, -0.2) is 4.98 Å². The number of fused-ring (bicyclic) bond motifs is 1. The van der Waals surface area contributed by atoms with E-state index in [1.54, 1.807) is 18.2 Å². The molecule has 0 amide bonds. The van der Waals surface area contributed by atoms with E-state index < -0.39 is 10.2 Å². The summed E-state index contributed by atoms with van der Waals surface area (Å²) in [7, 11) is -4.77. The molecule has 0 N–H and O–H groups in total. The van der Waals surface area contributed by atoms with Crippen LogP contribution in [0.25, 0.3) is 5.65 Å². The summed E-state index contributed by atoms with van der Waals surface area (Å²) < 4.78 is 37.1. The van der Waals surface area contributed by atoms with Crippen LogP contribution in [0, 0.1) is 0 Å². The lowest BCUT2D eigenvalue weighted by Gasteiger charge is -2.05. The highest BCUT2D eigenvalue weighted by Crippen LogP contribution is 2.27. The van der Waals surface area contributed by atoms with Crippen molar-refractivity contribution in [3.63, 3.8) is 0 Å². The summed E-state index contributed by atoms with van der Waals surface area (Å²) >= 11 is 0. The fourth-order valence-corrected chi connectivity index (χ4v) is 2.63. The van der Waals surface area contributed by atoms with Gasteiger partial charge in [0, 0.05) is 12.1 Å². The van der Waals surface area contributed by atoms with Gasteiger partial charge in [0.25, 0.3) is 0 Å². The van der Waals surface area contributed by atoms with Crippen LogP contribution in [0.4, 0.5) is 3.89 Å². The Kier molecular flexibility index (Phi) is 2.91. The predicted octanol–water partition coefficient (Wildman–Crippen LogP) is 2.51. The maximum Gasteiger partial charge on any atom is 0.350 e. The molecule has 0 saturated heterocycles. The standard InChI is InChI=1S/C11H13FN2O2S/c1-3-8(2)10-11(17(12,15)16)14-7-5-4-6-9(14)13-10/h4-8H,3H2,1-2H3. The lowest BCUT2D eigenvalue weighted by atomic mass is 10.1. The van der Waals surface area contributed by atoms with Crippen LogP contribution in [-0.4, -0.2) is 17.8 Å². The number of hydrogen-bond acceptors (Lipinski definition) is 3. The third-order valence-corrected chi connectivity index (χ3v) is 3.69. The van der Waals surface area contributed by atoms with Crippen LogP contribution in [0.15, 0.2) is 29.4 Å². The molecule has 6 heteroatoms. The Morgan fingerprint density at radius 2 is 2.18 bits per heavy atom. The highest BCUT2D eigenvalue weighted by molar-refractivity contribution is 7.86. The minimum Gasteiger partial charge on any atom is -0.288 e. The SMILES string of the molecule is CCC(C)c1nc2ccccn2c1S(=O)(=O)F. The maximum atomic E-state index is 13.4. The molecule has 0 aliphatic rings. The van der Waals surface area contributed by atoms with Crippen molar-refractivity contribution in [2.45, 2.75) is 31.2 Å². The van der Waals surface area contributed by atoms with Gasteiger partial charge in [0.2, 0.25) is 0 Å². The fraction of sp³-hybridized carbons (Fsp3) is 0.364. The van der Waals surface area contributed by atoms with Gasteiger partial charge in [-0.05, 0) is 18.6 Å². The molecule has 2 aromatic heterocycles. The zero-order valence-electron chi connectivity index (χ0n) is 9.59. The molecule has 0 aliphatic carbocycles. The van der Waals surface area contributed by atoms with Crippen LogP contribution in [0.5, 0.6) is 0 Å². The molecule has 1 atom stereocenters. The van der Waals surface area contributed by atoms with E-state index in [9.17, 15) is 12.3 Å². The van der Waals surface area contributed by atoms with Crippen LogP contribution in [0.1, 0.15) is 31.9 Å². The molecule has 17 heavy (non-hydrogen) atoms. The van der Waals surface area contributed by atoms with Crippen molar-refractivity contribution >= 4 is 15.9 Å². The van der Waals surface area contributed by atoms with Crippen LogP contribution >= 0.6 is 0 Å². The molecule has 4 nitrogen and oxygen atoms in total. The topological polar surface area (TPSA) is 51.4 Å². The zero-order chi connectivity index (χ0) is 12.6. The Labute approximate surface area is 99.3 Å². The van der Waals surface area contributed by atoms with Crippen molar-refractivity contribution in [2.24, 2.45) is 0 Å². The molecule has 2 rings (SSSR count). The molecule has 0 aromatic carbocycles. The van der Waals surface area contributed by atoms with Crippen LogP contribution in [0.2, 0.25) is 0 Å². The number of hydrogen-bond donors (Lipinski definition) is 0. The molecule has 0 bridgehead atoms. The number of nitrogens with zero attached hydrogens (tertiary/aromatic N) is 2. The fourth-order valence-electron chi connectivity index (χ4n) is 1.75. The van der Waals surface area contributed by atoms with Gasteiger partial charge in [-0.15, -0.1) is 0 Å². The van der Waals surface area contributed by atoms with Gasteiger partial charge in [0.15, 0.2) is 5.03 Å². The molecule has 2 heterocycles. The van der Waals surface area contributed by atoms with Crippen molar-refractivity contribution in [1.82, 2.24) is 9.38 Å². The third-order valence-electron chi connectivity index (χ3n) is 2.82. The quantitative estimate of drug-likeness (QED) is 0.793. The molecule has 0 fully saturated rings. The van der Waals surface area contributed by atoms with E-state index in [0.29, 0.717) is 17.8 Å². The largest absolute Gasteiger partial charge is 0.350 e. The molecule has 0 radical (unpaired) electrons. The number of pyridine rings is 1. The van der Waals surface area contributed by atoms with Gasteiger partial charge in [-0.2, -0.15) is 8.42 Å². The highest BCUT2D eigenvalue weighted by atomic mass is 32.3. The summed E-state index contributed by atoms with van der Waals surface area (Å²) in [6, 6.07) is 5.03. The number of rotatable bonds is 3. The Morgan fingerprint density at radius 1 is 1.47 bits per heavy atom. The van der Waals surface area contributed by atoms with E-state index in [1.165, 1.54) is 10.6 Å². The molecule has 0 aliphatic heterocycles. The second-order valence-electron chi connectivity index (χ2n) is 3.98. The lowest BCUT2D eigenvalue weighted by Crippen LogP contribution is -2.04. The van der Waals surface area contributed by atoms with E-state index in [2.05, 4.69) is 4.98 Å². The van der Waals surface area contributed by atoms with Crippen LogP contribution < -0.4 is 0 Å². The number of imidazole rings is 1. The minimum atomic E-state index is -4.77. The smallest absolute Gasteiger partial charge is 0.288 e. The number of aromatic nitrogens is 2. The Morgan fingerprint density at radius 3 is 2.76 bits per heavy atom. The summed E-state index contributed by atoms with van der Waals surface area (Å²) in [5.41, 5.74) is 0.736. The van der Waals surface area contributed by atoms with E-state index in [4.69, 9.17) is 0 Å². The first kappa shape index (κ1) is 12.0. The molecule has 2 aromatic rings. The van der Waals surface area contributed by atoms with Gasteiger partial charge in [-0.1, -0.05) is 23.8 Å². The van der Waals surface area contributed by atoms with Crippen molar-refractivity contribution in [2.75, 3.05) is 0 Å². The summed E-state index contributed by atoms with van der Waals surface area (Å²) in [6.45, 7) is 3.74. The molecular formula is C11H13FN2O2S. The zero-order valence-corrected chi connectivity index (χ0v) is 10.4. The van der Waals surface area contributed by atoms with Crippen molar-refractivity contribution in [1.29, 1.82) is 0 Å². The van der Waals surface area contributed by atoms with Crippen molar-refractivity contribution in [3.8, 4) is 0 Å². The van der Waals surface area contributed by atoms with Gasteiger partial charge < -0.3 is 0 Å². The number of halogens is 1. The first-order chi connectivity index (χ1) is 7.95. The van der Waals surface area contributed by atoms with Gasteiger partial charge >= 0.3 is 10.2 Å². The van der Waals surface area contributed by atoms with E-state index in [0.717, 1.165) is 0 Å². The van der Waals surface area contributed by atoms with Crippen LogP contribution in [-0.2, 0) is 10.2 Å². The minimum absolute atomic E-state index is 0.101. The van der Waals surface area contributed by atoms with Crippen LogP contribution in [0.3, 0.4) is 0 Å². The summed E-state index contributed by atoms with van der Waals surface area (Å²) in [5.74, 6) is -0.101. The average molecular weight is 256 g/mol. The van der Waals surface area contributed by atoms with Gasteiger partial charge in [0.05, 0.1) is 5.69 Å². The molecular weight excluding hydrogens is 243 g/mol. The maximum absolute atomic E-state index is 13.4. The monoisotopic (exact) mass is 256 g/mol. The normalized spacial score (nSPS) is 14.1. The van der Waals surface area contributed by atoms with Crippen molar-refractivity contribution in [3.05, 3.63) is 30.1 Å². The molecule has 0 spiro atoms. The molecule has 1 unspecified atom stereocenters. The summed E-state index contributed by atoms with van der Waals surface area (Å²) in [5, 5.41) is -0.345. The van der Waals surface area contributed by atoms with E-state index >= 15 is 0 Å². The van der Waals surface area contributed by atoms with Gasteiger partial charge in [-0.3, -0.25) is 4.40 Å². The second kappa shape index (κ2) is 4.10. The summed E-state index contributed by atoms with van der Waals surface area (Å²) in [4.78, 5) is 4.19.